The van der Waals surface area contributed by atoms with Gasteiger partial charge < -0.3 is 20.3 Å². The highest BCUT2D eigenvalue weighted by Gasteiger charge is 2.18. The van der Waals surface area contributed by atoms with E-state index >= 15 is 0 Å². The van der Waals surface area contributed by atoms with Crippen LogP contribution in [-0.4, -0.2) is 47.4 Å². The molecular formula is C70H133NO5. The maximum atomic E-state index is 12.5. The monoisotopic (exact) mass is 1070 g/mol. The summed E-state index contributed by atoms with van der Waals surface area (Å²) in [5.74, 6) is -0.0566. The van der Waals surface area contributed by atoms with Crippen molar-refractivity contribution in [3.63, 3.8) is 0 Å². The molecule has 0 aromatic rings. The van der Waals surface area contributed by atoms with E-state index in [1.807, 2.05) is 6.08 Å². The molecule has 0 heterocycles. The summed E-state index contributed by atoms with van der Waals surface area (Å²) in [6.45, 7) is 4.91. The fourth-order valence-electron chi connectivity index (χ4n) is 10.6. The number of aliphatic hydroxyl groups is 2. The van der Waals surface area contributed by atoms with Crippen LogP contribution in [0, 0.1) is 0 Å². The lowest BCUT2D eigenvalue weighted by Gasteiger charge is -2.20. The van der Waals surface area contributed by atoms with Crippen LogP contribution < -0.4 is 5.32 Å². The fraction of sp³-hybridized carbons (Fsp3) is 0.886. The Balaban J connectivity index is 3.39. The highest BCUT2D eigenvalue weighted by atomic mass is 16.5. The zero-order chi connectivity index (χ0) is 55.0. The molecule has 0 aromatic heterocycles. The van der Waals surface area contributed by atoms with Gasteiger partial charge in [0, 0.05) is 12.8 Å². The van der Waals surface area contributed by atoms with Gasteiger partial charge in [-0.25, -0.2) is 0 Å². The minimum absolute atomic E-state index is 0.00770. The zero-order valence-corrected chi connectivity index (χ0v) is 51.3. The van der Waals surface area contributed by atoms with Gasteiger partial charge in [-0.05, 0) is 83.5 Å². The van der Waals surface area contributed by atoms with E-state index in [-0.39, 0.29) is 18.5 Å². The highest BCUT2D eigenvalue weighted by Crippen LogP contribution is 2.18. The molecule has 0 saturated heterocycles. The van der Waals surface area contributed by atoms with Crippen LogP contribution in [0.2, 0.25) is 0 Å². The summed E-state index contributed by atoms with van der Waals surface area (Å²) in [7, 11) is 0. The van der Waals surface area contributed by atoms with Crippen LogP contribution in [-0.2, 0) is 14.3 Å². The summed E-state index contributed by atoms with van der Waals surface area (Å²) >= 11 is 0. The Kier molecular flexibility index (Phi) is 63.9. The SMILES string of the molecule is CCCCCC/C=C\CCCCCCCC(=O)OCCCCCCCCCCCCCC/C=C\CCCCCCCCCCCCCCCCC(=O)NC(CO)C(O)/C=C/CCCCCCCCCCCCCCCC. The first kappa shape index (κ1) is 74.1. The number of esters is 1. The van der Waals surface area contributed by atoms with Crippen molar-refractivity contribution in [1.29, 1.82) is 0 Å². The van der Waals surface area contributed by atoms with Crippen molar-refractivity contribution >= 4 is 11.9 Å². The molecule has 0 aromatic carbocycles. The molecule has 0 aliphatic rings. The molecule has 2 unspecified atom stereocenters. The van der Waals surface area contributed by atoms with Gasteiger partial charge >= 0.3 is 5.97 Å². The van der Waals surface area contributed by atoms with Crippen molar-refractivity contribution < 1.29 is 24.5 Å². The van der Waals surface area contributed by atoms with Gasteiger partial charge in [0.1, 0.15) is 0 Å². The van der Waals surface area contributed by atoms with E-state index in [0.717, 1.165) is 44.9 Å². The number of aliphatic hydroxyl groups excluding tert-OH is 2. The molecule has 0 fully saturated rings. The lowest BCUT2D eigenvalue weighted by Crippen LogP contribution is -2.45. The van der Waals surface area contributed by atoms with Gasteiger partial charge in [-0.1, -0.05) is 314 Å². The van der Waals surface area contributed by atoms with Gasteiger partial charge in [0.25, 0.3) is 0 Å². The molecule has 6 heteroatoms. The second kappa shape index (κ2) is 65.6. The number of rotatable bonds is 64. The summed E-state index contributed by atoms with van der Waals surface area (Å²) in [4.78, 5) is 24.5. The fourth-order valence-corrected chi connectivity index (χ4v) is 10.6. The molecule has 0 bridgehead atoms. The Morgan fingerprint density at radius 1 is 0.355 bits per heavy atom. The van der Waals surface area contributed by atoms with Crippen molar-refractivity contribution in [1.82, 2.24) is 5.32 Å². The Morgan fingerprint density at radius 3 is 0.947 bits per heavy atom. The van der Waals surface area contributed by atoms with Gasteiger partial charge in [-0.15, -0.1) is 0 Å². The number of unbranched alkanes of at least 4 members (excludes halogenated alkanes) is 49. The molecule has 0 aliphatic carbocycles. The highest BCUT2D eigenvalue weighted by molar-refractivity contribution is 5.76. The van der Waals surface area contributed by atoms with E-state index < -0.39 is 12.1 Å². The molecule has 0 radical (unpaired) electrons. The summed E-state index contributed by atoms with van der Waals surface area (Å²) in [6, 6.07) is -0.627. The predicted octanol–water partition coefficient (Wildman–Crippen LogP) is 21.9. The molecule has 448 valence electrons. The maximum Gasteiger partial charge on any atom is 0.305 e. The van der Waals surface area contributed by atoms with Crippen molar-refractivity contribution in [3.05, 3.63) is 36.5 Å². The first-order valence-electron chi connectivity index (χ1n) is 34.3. The lowest BCUT2D eigenvalue weighted by atomic mass is 10.0. The quantitative estimate of drug-likeness (QED) is 0.0320. The number of nitrogens with one attached hydrogen (secondary N) is 1. The molecule has 1 amide bonds. The van der Waals surface area contributed by atoms with Crippen LogP contribution in [0.1, 0.15) is 373 Å². The third-order valence-electron chi connectivity index (χ3n) is 15.9. The summed E-state index contributed by atoms with van der Waals surface area (Å²) in [5.41, 5.74) is 0. The first-order valence-corrected chi connectivity index (χ1v) is 34.3. The number of carbonyl (C=O) groups excluding carboxylic acids is 2. The normalized spacial score (nSPS) is 12.7. The molecule has 0 rings (SSSR count). The largest absolute Gasteiger partial charge is 0.466 e. The molecule has 76 heavy (non-hydrogen) atoms. The number of carbonyl (C=O) groups is 2. The second-order valence-corrected chi connectivity index (χ2v) is 23.5. The number of allylic oxidation sites excluding steroid dienone is 5. The minimum Gasteiger partial charge on any atom is -0.466 e. The third kappa shape index (κ3) is 61.3. The molecule has 2 atom stereocenters. The van der Waals surface area contributed by atoms with Gasteiger partial charge in [-0.3, -0.25) is 9.59 Å². The van der Waals surface area contributed by atoms with Crippen molar-refractivity contribution in [2.24, 2.45) is 0 Å². The summed E-state index contributed by atoms with van der Waals surface area (Å²) < 4.78 is 5.48. The topological polar surface area (TPSA) is 95.9 Å². The number of hydrogen-bond acceptors (Lipinski definition) is 5. The molecular weight excluding hydrogens is 935 g/mol. The Hall–Kier alpha value is -1.92. The number of ether oxygens (including phenoxy) is 1. The van der Waals surface area contributed by atoms with Gasteiger partial charge in [0.05, 0.1) is 25.4 Å². The summed E-state index contributed by atoms with van der Waals surface area (Å²) in [6.07, 6.45) is 83.6. The lowest BCUT2D eigenvalue weighted by molar-refractivity contribution is -0.143. The average Bonchev–Trinajstić information content (AvgIpc) is 3.42. The van der Waals surface area contributed by atoms with Gasteiger partial charge in [-0.2, -0.15) is 0 Å². The van der Waals surface area contributed by atoms with E-state index in [9.17, 15) is 19.8 Å². The van der Waals surface area contributed by atoms with Crippen LogP contribution in [0.5, 0.6) is 0 Å². The van der Waals surface area contributed by atoms with E-state index in [1.54, 1.807) is 6.08 Å². The maximum absolute atomic E-state index is 12.5. The Labute approximate surface area is 474 Å². The zero-order valence-electron chi connectivity index (χ0n) is 51.3. The molecule has 6 nitrogen and oxygen atoms in total. The first-order chi connectivity index (χ1) is 37.5. The standard InChI is InChI=1S/C70H133NO5/c1-3-5-7-9-11-13-15-17-18-35-39-42-46-50-54-58-62-68(73)67(66-72)71-69(74)63-59-55-51-47-43-40-36-33-31-29-27-25-23-21-19-20-22-24-26-28-30-32-34-37-41-45-49-53-57-61-65-76-70(75)64-60-56-52-48-44-38-16-14-12-10-8-6-4-2/h14,16,20,22,58,62,67-68,72-73H,3-13,15,17-19,21,23-57,59-61,63-66H2,1-2H3,(H,71,74)/b16-14-,22-20-,62-58+. The van der Waals surface area contributed by atoms with Crippen LogP contribution >= 0.6 is 0 Å². The van der Waals surface area contributed by atoms with Crippen LogP contribution in [0.3, 0.4) is 0 Å². The summed E-state index contributed by atoms with van der Waals surface area (Å²) in [5, 5.41) is 23.2. The van der Waals surface area contributed by atoms with E-state index in [4.69, 9.17) is 4.74 Å². The minimum atomic E-state index is -0.843. The Bertz CT molecular complexity index is 1230. The van der Waals surface area contributed by atoms with Crippen molar-refractivity contribution in [3.8, 4) is 0 Å². The smallest absolute Gasteiger partial charge is 0.305 e. The third-order valence-corrected chi connectivity index (χ3v) is 15.9. The molecule has 3 N–H and O–H groups in total. The predicted molar refractivity (Wildman–Crippen MR) is 333 cm³/mol. The molecule has 0 aliphatic heterocycles. The van der Waals surface area contributed by atoms with Crippen LogP contribution in [0.4, 0.5) is 0 Å². The Morgan fingerprint density at radius 2 is 0.618 bits per heavy atom. The average molecular weight is 1070 g/mol. The van der Waals surface area contributed by atoms with E-state index in [0.29, 0.717) is 19.4 Å². The second-order valence-electron chi connectivity index (χ2n) is 23.5. The molecule has 0 saturated carbocycles. The van der Waals surface area contributed by atoms with Gasteiger partial charge in [0.2, 0.25) is 5.91 Å². The van der Waals surface area contributed by atoms with Crippen LogP contribution in [0.25, 0.3) is 0 Å². The van der Waals surface area contributed by atoms with Gasteiger partial charge in [0.15, 0.2) is 0 Å². The van der Waals surface area contributed by atoms with Crippen molar-refractivity contribution in [2.45, 2.75) is 386 Å². The van der Waals surface area contributed by atoms with E-state index in [2.05, 4.69) is 43.5 Å². The van der Waals surface area contributed by atoms with Crippen molar-refractivity contribution in [2.75, 3.05) is 13.2 Å². The van der Waals surface area contributed by atoms with Crippen LogP contribution in [0.15, 0.2) is 36.5 Å². The number of hydrogen-bond donors (Lipinski definition) is 3. The number of amides is 1. The van der Waals surface area contributed by atoms with E-state index in [1.165, 1.54) is 302 Å². The molecule has 0 spiro atoms.